The van der Waals surface area contributed by atoms with Gasteiger partial charge >= 0.3 is 0 Å². The minimum atomic E-state index is 0. The first-order chi connectivity index (χ1) is 10.2. The molecule has 1 heterocycles. The summed E-state index contributed by atoms with van der Waals surface area (Å²) in [6.45, 7) is 3.89. The van der Waals surface area contributed by atoms with Gasteiger partial charge in [-0.05, 0) is 43.5 Å². The van der Waals surface area contributed by atoms with E-state index in [2.05, 4.69) is 18.3 Å². The van der Waals surface area contributed by atoms with E-state index in [0.717, 1.165) is 37.2 Å². The molecule has 0 bridgehead atoms. The monoisotopic (exact) mass is 326 g/mol. The largest absolute Gasteiger partial charge is 0.497 e. The third kappa shape index (κ3) is 4.62. The van der Waals surface area contributed by atoms with Crippen LogP contribution in [0.25, 0.3) is 0 Å². The molecule has 124 valence electrons. The third-order valence-corrected chi connectivity index (χ3v) is 4.28. The van der Waals surface area contributed by atoms with Gasteiger partial charge in [0.15, 0.2) is 0 Å². The summed E-state index contributed by atoms with van der Waals surface area (Å²) in [7, 11) is 3.61. The quantitative estimate of drug-likeness (QED) is 0.874. The summed E-state index contributed by atoms with van der Waals surface area (Å²) in [4.78, 5) is 14.6. The Morgan fingerprint density at radius 3 is 2.95 bits per heavy atom. The van der Waals surface area contributed by atoms with Crippen molar-refractivity contribution in [3.05, 3.63) is 29.8 Å². The zero-order valence-corrected chi connectivity index (χ0v) is 14.5. The highest BCUT2D eigenvalue weighted by atomic mass is 35.5. The first-order valence-corrected chi connectivity index (χ1v) is 7.73. The van der Waals surface area contributed by atoms with Gasteiger partial charge < -0.3 is 15.0 Å². The van der Waals surface area contributed by atoms with Crippen LogP contribution >= 0.6 is 12.4 Å². The van der Waals surface area contributed by atoms with Crippen LogP contribution in [0.3, 0.4) is 0 Å². The topological polar surface area (TPSA) is 41.6 Å². The van der Waals surface area contributed by atoms with Crippen molar-refractivity contribution in [2.24, 2.45) is 0 Å². The Morgan fingerprint density at radius 1 is 1.50 bits per heavy atom. The summed E-state index contributed by atoms with van der Waals surface area (Å²) in [6, 6.07) is 8.36. The molecule has 22 heavy (non-hydrogen) atoms. The minimum Gasteiger partial charge on any atom is -0.497 e. The molecule has 1 aromatic carbocycles. The number of methoxy groups -OCH3 is 1. The molecule has 1 saturated heterocycles. The van der Waals surface area contributed by atoms with E-state index in [1.165, 1.54) is 0 Å². The van der Waals surface area contributed by atoms with Gasteiger partial charge in [-0.1, -0.05) is 19.1 Å². The number of hydrogen-bond donors (Lipinski definition) is 1. The smallest absolute Gasteiger partial charge is 0.223 e. The molecule has 1 amide bonds. The summed E-state index contributed by atoms with van der Waals surface area (Å²) >= 11 is 0. The molecule has 0 saturated carbocycles. The number of nitrogens with zero attached hydrogens (tertiary/aromatic N) is 1. The maximum Gasteiger partial charge on any atom is 0.223 e. The van der Waals surface area contributed by atoms with E-state index in [9.17, 15) is 4.79 Å². The van der Waals surface area contributed by atoms with Gasteiger partial charge in [-0.15, -0.1) is 12.4 Å². The molecule has 0 aromatic heterocycles. The average molecular weight is 327 g/mol. The summed E-state index contributed by atoms with van der Waals surface area (Å²) in [5.74, 6) is 1.33. The van der Waals surface area contributed by atoms with E-state index in [4.69, 9.17) is 4.74 Å². The highest BCUT2D eigenvalue weighted by molar-refractivity contribution is 5.85. The number of carbonyl (C=O) groups excluding carboxylic acids is 1. The lowest BCUT2D eigenvalue weighted by Gasteiger charge is -2.26. The fourth-order valence-corrected chi connectivity index (χ4v) is 3.06. The predicted molar refractivity (Wildman–Crippen MR) is 91.9 cm³/mol. The SMILES string of the molecule is CNCC1CCCN1C(=O)CC(C)c1cccc(OC)c1.Cl. The average Bonchev–Trinajstić information content (AvgIpc) is 2.96. The van der Waals surface area contributed by atoms with Crippen LogP contribution in [0, 0.1) is 0 Å². The van der Waals surface area contributed by atoms with Crippen molar-refractivity contribution < 1.29 is 9.53 Å². The van der Waals surface area contributed by atoms with Crippen LogP contribution in [0.4, 0.5) is 0 Å². The lowest BCUT2D eigenvalue weighted by atomic mass is 9.97. The van der Waals surface area contributed by atoms with Gasteiger partial charge in [-0.25, -0.2) is 0 Å². The minimum absolute atomic E-state index is 0. The Hall–Kier alpha value is -1.26. The molecule has 0 radical (unpaired) electrons. The molecule has 1 aromatic rings. The number of likely N-dealkylation sites (N-methyl/N-ethyl adjacent to an activating group) is 1. The zero-order chi connectivity index (χ0) is 15.2. The molecular formula is C17H27ClN2O2. The molecule has 1 N–H and O–H groups in total. The van der Waals surface area contributed by atoms with Crippen molar-refractivity contribution in [3.8, 4) is 5.75 Å². The van der Waals surface area contributed by atoms with Crippen molar-refractivity contribution in [1.82, 2.24) is 10.2 Å². The summed E-state index contributed by atoms with van der Waals surface area (Å²) in [5.41, 5.74) is 1.16. The van der Waals surface area contributed by atoms with Crippen LogP contribution < -0.4 is 10.1 Å². The van der Waals surface area contributed by atoms with Crippen LogP contribution in [0.2, 0.25) is 0 Å². The number of benzene rings is 1. The maximum absolute atomic E-state index is 12.5. The van der Waals surface area contributed by atoms with E-state index >= 15 is 0 Å². The number of nitrogens with one attached hydrogen (secondary N) is 1. The lowest BCUT2D eigenvalue weighted by molar-refractivity contribution is -0.132. The number of carbonyl (C=O) groups is 1. The maximum atomic E-state index is 12.5. The third-order valence-electron chi connectivity index (χ3n) is 4.28. The molecule has 1 fully saturated rings. The van der Waals surface area contributed by atoms with Gasteiger partial charge in [-0.3, -0.25) is 4.79 Å². The predicted octanol–water partition coefficient (Wildman–Crippen LogP) is 2.82. The molecule has 5 heteroatoms. The molecule has 0 aliphatic carbocycles. The van der Waals surface area contributed by atoms with Crippen molar-refractivity contribution in [2.45, 2.75) is 38.1 Å². The Kier molecular flexibility index (Phi) is 7.69. The molecular weight excluding hydrogens is 300 g/mol. The van der Waals surface area contributed by atoms with Crippen molar-refractivity contribution in [3.63, 3.8) is 0 Å². The highest BCUT2D eigenvalue weighted by Crippen LogP contribution is 2.26. The lowest BCUT2D eigenvalue weighted by Crippen LogP contribution is -2.41. The Balaban J connectivity index is 0.00000242. The summed E-state index contributed by atoms with van der Waals surface area (Å²) in [5, 5.41) is 3.18. The molecule has 2 unspecified atom stereocenters. The van der Waals surface area contributed by atoms with Crippen LogP contribution in [0.15, 0.2) is 24.3 Å². The van der Waals surface area contributed by atoms with E-state index in [-0.39, 0.29) is 24.2 Å². The Morgan fingerprint density at radius 2 is 2.27 bits per heavy atom. The van der Waals surface area contributed by atoms with Gasteiger partial charge in [0.25, 0.3) is 0 Å². The second kappa shape index (κ2) is 9.01. The zero-order valence-electron chi connectivity index (χ0n) is 13.7. The number of likely N-dealkylation sites (tertiary alicyclic amines) is 1. The van der Waals surface area contributed by atoms with Crippen molar-refractivity contribution >= 4 is 18.3 Å². The van der Waals surface area contributed by atoms with Crippen LogP contribution in [-0.2, 0) is 4.79 Å². The number of halogens is 1. The van der Waals surface area contributed by atoms with E-state index in [1.807, 2.05) is 30.1 Å². The Bertz CT molecular complexity index is 481. The van der Waals surface area contributed by atoms with Gasteiger partial charge in [0.2, 0.25) is 5.91 Å². The van der Waals surface area contributed by atoms with Crippen molar-refractivity contribution in [1.29, 1.82) is 0 Å². The summed E-state index contributed by atoms with van der Waals surface area (Å²) < 4.78 is 5.26. The summed E-state index contributed by atoms with van der Waals surface area (Å²) in [6.07, 6.45) is 2.79. The van der Waals surface area contributed by atoms with E-state index in [1.54, 1.807) is 7.11 Å². The van der Waals surface area contributed by atoms with E-state index in [0.29, 0.717) is 12.5 Å². The first-order valence-electron chi connectivity index (χ1n) is 7.73. The second-order valence-electron chi connectivity index (χ2n) is 5.82. The number of rotatable bonds is 6. The van der Waals surface area contributed by atoms with E-state index < -0.39 is 0 Å². The number of hydrogen-bond acceptors (Lipinski definition) is 3. The highest BCUT2D eigenvalue weighted by Gasteiger charge is 2.28. The van der Waals surface area contributed by atoms with Crippen LogP contribution in [0.5, 0.6) is 5.75 Å². The van der Waals surface area contributed by atoms with Crippen LogP contribution in [0.1, 0.15) is 37.7 Å². The Labute approximate surface area is 139 Å². The van der Waals surface area contributed by atoms with Gasteiger partial charge in [0.05, 0.1) is 7.11 Å². The van der Waals surface area contributed by atoms with Gasteiger partial charge in [-0.2, -0.15) is 0 Å². The molecule has 2 rings (SSSR count). The normalized spacial score (nSPS) is 18.7. The standard InChI is InChI=1S/C17H26N2O2.ClH/c1-13(14-6-4-8-16(11-14)21-3)10-17(20)19-9-5-7-15(19)12-18-2;/h4,6,8,11,13,15,18H,5,7,9-10,12H2,1-3H3;1H. The fourth-order valence-electron chi connectivity index (χ4n) is 3.06. The van der Waals surface area contributed by atoms with Crippen molar-refractivity contribution in [2.75, 3.05) is 27.2 Å². The molecule has 1 aliphatic rings. The van der Waals surface area contributed by atoms with Gasteiger partial charge in [0, 0.05) is 25.6 Å². The number of amides is 1. The second-order valence-corrected chi connectivity index (χ2v) is 5.82. The van der Waals surface area contributed by atoms with Crippen LogP contribution in [-0.4, -0.2) is 44.1 Å². The fraction of sp³-hybridized carbons (Fsp3) is 0.588. The first kappa shape index (κ1) is 18.8. The molecule has 4 nitrogen and oxygen atoms in total. The van der Waals surface area contributed by atoms with Gasteiger partial charge in [0.1, 0.15) is 5.75 Å². The molecule has 2 atom stereocenters. The molecule has 1 aliphatic heterocycles. The number of ether oxygens (including phenoxy) is 1. The molecule has 0 spiro atoms.